The standard InChI is InChI=1S/C22H15N3S/c23-12-17-16-8-5-11-21(16)26-22(17)24-13-18-14-6-1-3-9-19(14)25-20-10-4-2-7-15(18)20/h1-4,6-7,9-10,13H,5,8,11H2/b24-13+. The Balaban J connectivity index is 1.72. The average Bonchev–Trinajstić information content (AvgIpc) is 3.25. The summed E-state index contributed by atoms with van der Waals surface area (Å²) in [5, 5.41) is 12.6. The first kappa shape index (κ1) is 15.2. The van der Waals surface area contributed by atoms with Gasteiger partial charge in [0.1, 0.15) is 11.1 Å². The van der Waals surface area contributed by atoms with Crippen LogP contribution >= 0.6 is 11.3 Å². The Kier molecular flexibility index (Phi) is 3.55. The van der Waals surface area contributed by atoms with Crippen LogP contribution in [0.5, 0.6) is 0 Å². The molecule has 0 radical (unpaired) electrons. The van der Waals surface area contributed by atoms with Crippen LogP contribution in [0.4, 0.5) is 5.00 Å². The first-order valence-corrected chi connectivity index (χ1v) is 9.53. The second kappa shape index (κ2) is 6.05. The third kappa shape index (κ3) is 2.33. The van der Waals surface area contributed by atoms with E-state index < -0.39 is 0 Å². The maximum atomic E-state index is 9.58. The number of thiophene rings is 1. The number of hydrogen-bond acceptors (Lipinski definition) is 4. The lowest BCUT2D eigenvalue weighted by Crippen LogP contribution is -1.91. The first-order chi connectivity index (χ1) is 12.8. The molecule has 0 aliphatic heterocycles. The van der Waals surface area contributed by atoms with Crippen LogP contribution in [0, 0.1) is 11.3 Å². The van der Waals surface area contributed by atoms with Gasteiger partial charge in [-0.15, -0.1) is 11.3 Å². The third-order valence-electron chi connectivity index (χ3n) is 4.95. The van der Waals surface area contributed by atoms with Gasteiger partial charge < -0.3 is 0 Å². The fraction of sp³-hybridized carbons (Fsp3) is 0.136. The fourth-order valence-corrected chi connectivity index (χ4v) is 4.91. The topological polar surface area (TPSA) is 49.0 Å². The molecule has 0 bridgehead atoms. The van der Waals surface area contributed by atoms with Crippen molar-refractivity contribution in [2.75, 3.05) is 0 Å². The van der Waals surface area contributed by atoms with Crippen LogP contribution in [0.15, 0.2) is 53.5 Å². The Morgan fingerprint density at radius 2 is 1.69 bits per heavy atom. The number of fused-ring (bicyclic) bond motifs is 3. The van der Waals surface area contributed by atoms with Gasteiger partial charge in [0, 0.05) is 27.4 Å². The molecular weight excluding hydrogens is 338 g/mol. The molecule has 1 aliphatic carbocycles. The lowest BCUT2D eigenvalue weighted by atomic mass is 10.0. The molecule has 2 heterocycles. The maximum Gasteiger partial charge on any atom is 0.134 e. The molecule has 4 aromatic rings. The zero-order chi connectivity index (χ0) is 17.5. The molecule has 5 rings (SSSR count). The van der Waals surface area contributed by atoms with E-state index in [2.05, 4.69) is 18.2 Å². The van der Waals surface area contributed by atoms with E-state index in [1.807, 2.05) is 42.6 Å². The molecule has 0 spiro atoms. The molecule has 26 heavy (non-hydrogen) atoms. The smallest absolute Gasteiger partial charge is 0.134 e. The van der Waals surface area contributed by atoms with E-state index in [1.54, 1.807) is 11.3 Å². The minimum Gasteiger partial charge on any atom is -0.248 e. The van der Waals surface area contributed by atoms with Crippen molar-refractivity contribution >= 4 is 44.4 Å². The Morgan fingerprint density at radius 3 is 2.38 bits per heavy atom. The van der Waals surface area contributed by atoms with Crippen molar-refractivity contribution in [3.05, 3.63) is 70.1 Å². The van der Waals surface area contributed by atoms with Crippen molar-refractivity contribution in [3.8, 4) is 6.07 Å². The Bertz CT molecular complexity index is 1170. The number of nitrogens with zero attached hydrogens (tertiary/aromatic N) is 3. The Morgan fingerprint density at radius 1 is 1.00 bits per heavy atom. The SMILES string of the molecule is N#Cc1c(/N=C/c2c3ccccc3nc3ccccc23)sc2c1CCC2. The number of hydrogen-bond donors (Lipinski definition) is 0. The summed E-state index contributed by atoms with van der Waals surface area (Å²) in [5.74, 6) is 0. The summed E-state index contributed by atoms with van der Waals surface area (Å²) >= 11 is 1.67. The van der Waals surface area contributed by atoms with Gasteiger partial charge in [0.15, 0.2) is 0 Å². The summed E-state index contributed by atoms with van der Waals surface area (Å²) in [5.41, 5.74) is 4.96. The van der Waals surface area contributed by atoms with E-state index in [0.29, 0.717) is 0 Å². The predicted octanol–water partition coefficient (Wildman–Crippen LogP) is 5.56. The highest BCUT2D eigenvalue weighted by Crippen LogP contribution is 2.40. The van der Waals surface area contributed by atoms with Crippen LogP contribution in [0.2, 0.25) is 0 Å². The quantitative estimate of drug-likeness (QED) is 0.350. The largest absolute Gasteiger partial charge is 0.248 e. The summed E-state index contributed by atoms with van der Waals surface area (Å²) in [4.78, 5) is 10.8. The van der Waals surface area contributed by atoms with E-state index in [4.69, 9.17) is 9.98 Å². The zero-order valence-electron chi connectivity index (χ0n) is 14.1. The minimum absolute atomic E-state index is 0.765. The molecule has 0 N–H and O–H groups in total. The third-order valence-corrected chi connectivity index (χ3v) is 6.15. The van der Waals surface area contributed by atoms with Gasteiger partial charge in [-0.2, -0.15) is 5.26 Å². The van der Waals surface area contributed by atoms with Crippen LogP contribution < -0.4 is 0 Å². The first-order valence-electron chi connectivity index (χ1n) is 8.71. The number of pyridine rings is 1. The summed E-state index contributed by atoms with van der Waals surface area (Å²) in [6, 6.07) is 18.6. The molecule has 4 heteroatoms. The molecule has 0 saturated heterocycles. The highest BCUT2D eigenvalue weighted by atomic mass is 32.1. The molecule has 0 unspecified atom stereocenters. The molecule has 2 aromatic heterocycles. The molecule has 1 aliphatic rings. The summed E-state index contributed by atoms with van der Waals surface area (Å²) < 4.78 is 0. The maximum absolute atomic E-state index is 9.58. The Labute approximate surface area is 155 Å². The summed E-state index contributed by atoms with van der Waals surface area (Å²) in [6.45, 7) is 0. The second-order valence-electron chi connectivity index (χ2n) is 6.47. The number of para-hydroxylation sites is 2. The van der Waals surface area contributed by atoms with Gasteiger partial charge in [0.2, 0.25) is 0 Å². The van der Waals surface area contributed by atoms with E-state index in [-0.39, 0.29) is 0 Å². The van der Waals surface area contributed by atoms with Crippen molar-refractivity contribution < 1.29 is 0 Å². The number of benzene rings is 2. The average molecular weight is 353 g/mol. The van der Waals surface area contributed by atoms with Crippen molar-refractivity contribution in [1.29, 1.82) is 5.26 Å². The second-order valence-corrected chi connectivity index (χ2v) is 7.55. The number of aliphatic imine (C=N–C) groups is 1. The van der Waals surface area contributed by atoms with Gasteiger partial charge in [-0.3, -0.25) is 0 Å². The number of aromatic nitrogens is 1. The van der Waals surface area contributed by atoms with Gasteiger partial charge >= 0.3 is 0 Å². The molecular formula is C22H15N3S. The zero-order valence-corrected chi connectivity index (χ0v) is 14.9. The number of nitriles is 1. The van der Waals surface area contributed by atoms with E-state index in [1.165, 1.54) is 10.4 Å². The molecule has 0 atom stereocenters. The van der Waals surface area contributed by atoms with E-state index >= 15 is 0 Å². The van der Waals surface area contributed by atoms with Crippen molar-refractivity contribution in [1.82, 2.24) is 4.98 Å². The normalized spacial score (nSPS) is 13.5. The summed E-state index contributed by atoms with van der Waals surface area (Å²) in [6.07, 6.45) is 5.14. The molecule has 0 saturated carbocycles. The highest BCUT2D eigenvalue weighted by Gasteiger charge is 2.21. The van der Waals surface area contributed by atoms with Gasteiger partial charge in [0.05, 0.1) is 16.6 Å². The van der Waals surface area contributed by atoms with Gasteiger partial charge in [-0.05, 0) is 37.0 Å². The van der Waals surface area contributed by atoms with Crippen molar-refractivity contribution in [3.63, 3.8) is 0 Å². The number of rotatable bonds is 2. The summed E-state index contributed by atoms with van der Waals surface area (Å²) in [7, 11) is 0. The predicted molar refractivity (Wildman–Crippen MR) is 108 cm³/mol. The van der Waals surface area contributed by atoms with Crippen LogP contribution in [0.1, 0.15) is 28.0 Å². The lowest BCUT2D eigenvalue weighted by Gasteiger charge is -2.06. The van der Waals surface area contributed by atoms with Crippen molar-refractivity contribution in [2.45, 2.75) is 19.3 Å². The van der Waals surface area contributed by atoms with E-state index in [0.717, 1.165) is 57.2 Å². The van der Waals surface area contributed by atoms with Gasteiger partial charge in [-0.25, -0.2) is 9.98 Å². The van der Waals surface area contributed by atoms with Gasteiger partial charge in [-0.1, -0.05) is 36.4 Å². The van der Waals surface area contributed by atoms with Crippen LogP contribution in [0.25, 0.3) is 21.8 Å². The van der Waals surface area contributed by atoms with Crippen LogP contribution in [-0.2, 0) is 12.8 Å². The molecule has 3 nitrogen and oxygen atoms in total. The Hall–Kier alpha value is -3.03. The molecule has 0 fully saturated rings. The fourth-order valence-electron chi connectivity index (χ4n) is 3.73. The van der Waals surface area contributed by atoms with Crippen LogP contribution in [-0.4, -0.2) is 11.2 Å². The highest BCUT2D eigenvalue weighted by molar-refractivity contribution is 7.16. The minimum atomic E-state index is 0.765. The van der Waals surface area contributed by atoms with Crippen LogP contribution in [0.3, 0.4) is 0 Å². The molecule has 2 aromatic carbocycles. The number of aryl methyl sites for hydroxylation is 1. The van der Waals surface area contributed by atoms with Gasteiger partial charge in [0.25, 0.3) is 0 Å². The lowest BCUT2D eigenvalue weighted by molar-refractivity contribution is 0.913. The van der Waals surface area contributed by atoms with Crippen molar-refractivity contribution in [2.24, 2.45) is 4.99 Å². The molecule has 124 valence electrons. The monoisotopic (exact) mass is 353 g/mol. The van der Waals surface area contributed by atoms with E-state index in [9.17, 15) is 5.26 Å². The molecule has 0 amide bonds.